The van der Waals surface area contributed by atoms with Crippen LogP contribution in [0.4, 0.5) is 0 Å². The molecule has 3 bridgehead atoms. The Morgan fingerprint density at radius 2 is 2.60 bits per heavy atom. The molecule has 0 aromatic rings. The first kappa shape index (κ1) is 4.61. The molecule has 0 aromatic carbocycles. The van der Waals surface area contributed by atoms with E-state index in [0.717, 1.165) is 12.3 Å². The summed E-state index contributed by atoms with van der Waals surface area (Å²) in [5, 5.41) is 0. The van der Waals surface area contributed by atoms with E-state index in [1.165, 1.54) is 5.57 Å². The van der Waals surface area contributed by atoms with Gasteiger partial charge in [0.15, 0.2) is 0 Å². The van der Waals surface area contributed by atoms with Crippen LogP contribution in [0.2, 0.25) is 0 Å². The lowest BCUT2D eigenvalue weighted by Gasteiger charge is -2.26. The van der Waals surface area contributed by atoms with E-state index in [0.29, 0.717) is 6.10 Å². The minimum Gasteiger partial charge on any atom is -0.482 e. The van der Waals surface area contributed by atoms with Crippen LogP contribution in [0.25, 0.3) is 0 Å². The fourth-order valence-electron chi connectivity index (χ4n) is 1.57. The van der Waals surface area contributed by atoms with Crippen LogP contribution in [0.5, 0.6) is 0 Å². The highest BCUT2D eigenvalue weighted by Gasteiger charge is 2.29. The maximum absolute atomic E-state index is 5.51. The number of rotatable bonds is 0. The third-order valence-corrected chi connectivity index (χ3v) is 2.05. The first-order valence-electron chi connectivity index (χ1n) is 3.46. The van der Waals surface area contributed by atoms with Crippen LogP contribution in [0, 0.1) is 0 Å². The van der Waals surface area contributed by atoms with Crippen molar-refractivity contribution in [1.29, 1.82) is 0 Å². The number of nitrogens with zero attached hydrogens (tertiary/aromatic N) is 1. The van der Waals surface area contributed by atoms with Crippen molar-refractivity contribution in [1.82, 2.24) is 4.90 Å². The minimum atomic E-state index is 0.310. The largest absolute Gasteiger partial charge is 0.482 e. The van der Waals surface area contributed by atoms with Crippen molar-refractivity contribution in [2.45, 2.75) is 6.10 Å². The van der Waals surface area contributed by atoms with Gasteiger partial charge in [0.05, 0.1) is 6.54 Å². The molecule has 3 rings (SSSR count). The van der Waals surface area contributed by atoms with Gasteiger partial charge in [0.1, 0.15) is 11.9 Å². The van der Waals surface area contributed by atoms with E-state index in [4.69, 9.17) is 4.74 Å². The van der Waals surface area contributed by atoms with Gasteiger partial charge in [-0.2, -0.15) is 0 Å². The zero-order valence-corrected chi connectivity index (χ0v) is 5.45. The Morgan fingerprint density at radius 3 is 3.60 bits per heavy atom. The Labute approximate surface area is 59.1 Å². The highest BCUT2D eigenvalue weighted by Crippen LogP contribution is 2.32. The number of hydrogen-bond donors (Lipinski definition) is 0. The first-order valence-corrected chi connectivity index (χ1v) is 3.46. The maximum atomic E-state index is 5.51. The van der Waals surface area contributed by atoms with Crippen molar-refractivity contribution >= 4 is 0 Å². The first-order chi connectivity index (χ1) is 4.92. The zero-order chi connectivity index (χ0) is 6.55. The van der Waals surface area contributed by atoms with Crippen molar-refractivity contribution in [2.75, 3.05) is 6.54 Å². The lowest BCUT2D eigenvalue weighted by molar-refractivity contribution is 0.129. The van der Waals surface area contributed by atoms with Crippen molar-refractivity contribution in [3.8, 4) is 0 Å². The molecule has 0 saturated heterocycles. The van der Waals surface area contributed by atoms with Crippen LogP contribution >= 0.6 is 0 Å². The van der Waals surface area contributed by atoms with E-state index in [-0.39, 0.29) is 0 Å². The lowest BCUT2D eigenvalue weighted by Crippen LogP contribution is -2.27. The Morgan fingerprint density at radius 1 is 1.60 bits per heavy atom. The molecule has 2 heteroatoms. The van der Waals surface area contributed by atoms with E-state index >= 15 is 0 Å². The zero-order valence-electron chi connectivity index (χ0n) is 5.45. The minimum absolute atomic E-state index is 0.310. The van der Waals surface area contributed by atoms with Crippen molar-refractivity contribution < 1.29 is 4.74 Å². The third-order valence-electron chi connectivity index (χ3n) is 2.05. The van der Waals surface area contributed by atoms with Crippen molar-refractivity contribution in [3.63, 3.8) is 0 Å². The summed E-state index contributed by atoms with van der Waals surface area (Å²) in [5.74, 6) is 1.04. The van der Waals surface area contributed by atoms with Gasteiger partial charge < -0.3 is 9.64 Å². The van der Waals surface area contributed by atoms with Gasteiger partial charge in [0, 0.05) is 18.0 Å². The number of hydrogen-bond acceptors (Lipinski definition) is 2. The Hall–Kier alpha value is -1.18. The molecular weight excluding hydrogens is 126 g/mol. The molecule has 0 aromatic heterocycles. The van der Waals surface area contributed by atoms with Gasteiger partial charge in [-0.1, -0.05) is 0 Å². The summed E-state index contributed by atoms with van der Waals surface area (Å²) in [7, 11) is 0. The van der Waals surface area contributed by atoms with Gasteiger partial charge in [0.2, 0.25) is 0 Å². The van der Waals surface area contributed by atoms with Crippen LogP contribution < -0.4 is 0 Å². The average molecular weight is 133 g/mol. The fraction of sp³-hybridized carbons (Fsp3) is 0.250. The molecule has 0 aliphatic carbocycles. The molecule has 0 saturated carbocycles. The topological polar surface area (TPSA) is 12.5 Å². The van der Waals surface area contributed by atoms with E-state index in [9.17, 15) is 0 Å². The highest BCUT2D eigenvalue weighted by molar-refractivity contribution is 5.45. The average Bonchev–Trinajstić information content (AvgIpc) is 2.11. The summed E-state index contributed by atoms with van der Waals surface area (Å²) < 4.78 is 5.51. The fourth-order valence-corrected chi connectivity index (χ4v) is 1.57. The third kappa shape index (κ3) is 0.407. The summed E-state index contributed by atoms with van der Waals surface area (Å²) in [6, 6.07) is 0. The van der Waals surface area contributed by atoms with E-state index < -0.39 is 0 Å². The second-order valence-electron chi connectivity index (χ2n) is 2.78. The van der Waals surface area contributed by atoms with Gasteiger partial charge in [-0.25, -0.2) is 0 Å². The van der Waals surface area contributed by atoms with Gasteiger partial charge in [-0.3, -0.25) is 0 Å². The second kappa shape index (κ2) is 1.29. The molecule has 0 N–H and O–H groups in total. The monoisotopic (exact) mass is 133 g/mol. The Kier molecular flexibility index (Phi) is 0.592. The van der Waals surface area contributed by atoms with E-state index in [1.807, 2.05) is 0 Å². The van der Waals surface area contributed by atoms with Gasteiger partial charge in [0.25, 0.3) is 0 Å². The van der Waals surface area contributed by atoms with Crippen LogP contribution in [0.1, 0.15) is 0 Å². The summed E-state index contributed by atoms with van der Waals surface area (Å²) in [4.78, 5) is 2.16. The van der Waals surface area contributed by atoms with Gasteiger partial charge in [-0.05, 0) is 12.2 Å². The number of fused-ring (bicyclic) bond motifs is 2. The predicted molar refractivity (Wildman–Crippen MR) is 36.9 cm³/mol. The number of ether oxygens (including phenoxy) is 1. The Balaban J connectivity index is 2.25. The Bertz CT molecular complexity index is 275. The number of allylic oxidation sites excluding steroid dienone is 1. The van der Waals surface area contributed by atoms with Gasteiger partial charge in [-0.15, -0.1) is 0 Å². The maximum Gasteiger partial charge on any atom is 0.143 e. The normalized spacial score (nSPS) is 32.0. The van der Waals surface area contributed by atoms with Crippen molar-refractivity contribution in [3.05, 3.63) is 35.9 Å². The molecule has 3 heterocycles. The molecule has 0 amide bonds. The molecule has 0 fully saturated rings. The van der Waals surface area contributed by atoms with E-state index in [2.05, 4.69) is 29.5 Å². The molecular formula is C8H7NO. The molecule has 0 spiro atoms. The van der Waals surface area contributed by atoms with Crippen LogP contribution in [0.15, 0.2) is 35.9 Å². The second-order valence-corrected chi connectivity index (χ2v) is 2.78. The molecule has 0 radical (unpaired) electrons. The summed E-state index contributed by atoms with van der Waals surface area (Å²) in [6.45, 7) is 0.976. The quantitative estimate of drug-likeness (QED) is 0.488. The van der Waals surface area contributed by atoms with Gasteiger partial charge >= 0.3 is 0 Å². The van der Waals surface area contributed by atoms with Crippen LogP contribution in [0.3, 0.4) is 0 Å². The van der Waals surface area contributed by atoms with Crippen molar-refractivity contribution in [2.24, 2.45) is 0 Å². The molecule has 0 unspecified atom stereocenters. The SMILES string of the molecule is C1=CN2C=C3O[C@@H](C=C13)C2. The van der Waals surface area contributed by atoms with E-state index in [1.54, 1.807) is 0 Å². The molecule has 1 atom stereocenters. The lowest BCUT2D eigenvalue weighted by atomic mass is 10.2. The summed E-state index contributed by atoms with van der Waals surface area (Å²) in [5.41, 5.74) is 1.25. The van der Waals surface area contributed by atoms with Crippen LogP contribution in [-0.4, -0.2) is 17.5 Å². The van der Waals surface area contributed by atoms with Crippen LogP contribution in [-0.2, 0) is 4.74 Å². The highest BCUT2D eigenvalue weighted by atomic mass is 16.5. The molecule has 50 valence electrons. The molecule has 3 aliphatic rings. The predicted octanol–water partition coefficient (Wildman–Crippen LogP) is 0.996. The smallest absolute Gasteiger partial charge is 0.143 e. The summed E-state index contributed by atoms with van der Waals surface area (Å²) >= 11 is 0. The molecule has 10 heavy (non-hydrogen) atoms. The summed E-state index contributed by atoms with van der Waals surface area (Å²) in [6.07, 6.45) is 8.73. The molecule has 2 nitrogen and oxygen atoms in total. The molecule has 3 aliphatic heterocycles. The standard InChI is InChI=1S/C8H7NO/c1-2-9-4-7-3-6(1)8(5-9)10-7/h1-3,5,7H,4H2/t7-/m0/s1.